The molecule has 1 unspecified atom stereocenters. The molecule has 0 radical (unpaired) electrons. The van der Waals surface area contributed by atoms with Crippen molar-refractivity contribution < 1.29 is 23.6 Å². The van der Waals surface area contributed by atoms with Crippen molar-refractivity contribution in [1.29, 1.82) is 0 Å². The van der Waals surface area contributed by atoms with Crippen molar-refractivity contribution in [2.24, 2.45) is 0 Å². The largest absolute Gasteiger partial charge is 0.494 e. The SMILES string of the molecule is CC1(C)OB(c2ccc(OCc3ccccc3)c(CC(=O)NC3CCOC3)c2)OC1(C)C. The number of benzene rings is 2. The quantitative estimate of drug-likeness (QED) is 0.675. The van der Waals surface area contributed by atoms with E-state index in [0.29, 0.717) is 25.6 Å². The van der Waals surface area contributed by atoms with Gasteiger partial charge in [-0.2, -0.15) is 0 Å². The van der Waals surface area contributed by atoms with Crippen molar-refractivity contribution in [3.05, 3.63) is 59.7 Å². The first kappa shape index (κ1) is 22.8. The number of ether oxygens (including phenoxy) is 2. The Morgan fingerprint density at radius 2 is 1.81 bits per heavy atom. The minimum atomic E-state index is -0.492. The summed E-state index contributed by atoms with van der Waals surface area (Å²) in [5.74, 6) is 0.642. The maximum atomic E-state index is 12.7. The molecule has 1 amide bonds. The second-order valence-corrected chi connectivity index (χ2v) is 9.53. The van der Waals surface area contributed by atoms with Gasteiger partial charge in [0.15, 0.2) is 0 Å². The molecule has 0 aromatic heterocycles. The standard InChI is InChI=1S/C25H32BNO5/c1-24(2)25(3,4)32-26(31-24)20-10-11-22(30-16-18-8-6-5-7-9-18)19(14-20)15-23(28)27-21-12-13-29-17-21/h5-11,14,21H,12-13,15-17H2,1-4H3,(H,27,28). The molecule has 0 bridgehead atoms. The third-order valence-electron chi connectivity index (χ3n) is 6.49. The van der Waals surface area contributed by atoms with Crippen LogP contribution in [0.3, 0.4) is 0 Å². The monoisotopic (exact) mass is 437 g/mol. The molecule has 2 aliphatic rings. The second kappa shape index (κ2) is 9.26. The highest BCUT2D eigenvalue weighted by atomic mass is 16.7. The maximum absolute atomic E-state index is 12.7. The highest BCUT2D eigenvalue weighted by Gasteiger charge is 2.51. The summed E-state index contributed by atoms with van der Waals surface area (Å²) in [4.78, 5) is 12.7. The van der Waals surface area contributed by atoms with Crippen LogP contribution in [0.25, 0.3) is 0 Å². The molecule has 6 nitrogen and oxygen atoms in total. The predicted molar refractivity (Wildman–Crippen MR) is 124 cm³/mol. The number of carbonyl (C=O) groups is 1. The lowest BCUT2D eigenvalue weighted by Crippen LogP contribution is -2.41. The van der Waals surface area contributed by atoms with E-state index in [1.807, 2.05) is 76.2 Å². The first-order valence-electron chi connectivity index (χ1n) is 11.3. The molecule has 2 fully saturated rings. The maximum Gasteiger partial charge on any atom is 0.494 e. The van der Waals surface area contributed by atoms with Gasteiger partial charge in [0.1, 0.15) is 12.4 Å². The number of hydrogen-bond donors (Lipinski definition) is 1. The molecule has 2 aromatic rings. The van der Waals surface area contributed by atoms with Crippen LogP contribution >= 0.6 is 0 Å². The number of amides is 1. The normalized spacial score (nSPS) is 21.5. The minimum absolute atomic E-state index is 0.0453. The van der Waals surface area contributed by atoms with Gasteiger partial charge in [0.05, 0.1) is 30.3 Å². The van der Waals surface area contributed by atoms with Gasteiger partial charge in [0.2, 0.25) is 5.91 Å². The second-order valence-electron chi connectivity index (χ2n) is 9.53. The molecule has 0 saturated carbocycles. The highest BCUT2D eigenvalue weighted by Crippen LogP contribution is 2.36. The summed E-state index contributed by atoms with van der Waals surface area (Å²) < 4.78 is 23.9. The minimum Gasteiger partial charge on any atom is -0.489 e. The Balaban J connectivity index is 1.54. The lowest BCUT2D eigenvalue weighted by atomic mass is 9.78. The van der Waals surface area contributed by atoms with E-state index in [2.05, 4.69) is 5.32 Å². The number of nitrogens with one attached hydrogen (secondary N) is 1. The van der Waals surface area contributed by atoms with E-state index < -0.39 is 18.3 Å². The van der Waals surface area contributed by atoms with Gasteiger partial charge in [0.25, 0.3) is 0 Å². The third kappa shape index (κ3) is 5.17. The molecular formula is C25H32BNO5. The van der Waals surface area contributed by atoms with Crippen molar-refractivity contribution >= 4 is 18.5 Å². The van der Waals surface area contributed by atoms with Gasteiger partial charge in [0, 0.05) is 12.2 Å². The molecule has 32 heavy (non-hydrogen) atoms. The average Bonchev–Trinajstić information content (AvgIpc) is 3.32. The van der Waals surface area contributed by atoms with Crippen LogP contribution in [-0.2, 0) is 31.9 Å². The highest BCUT2D eigenvalue weighted by molar-refractivity contribution is 6.62. The Kier molecular flexibility index (Phi) is 6.61. The molecule has 0 spiro atoms. The Labute approximate surface area is 190 Å². The fourth-order valence-electron chi connectivity index (χ4n) is 3.84. The van der Waals surface area contributed by atoms with Gasteiger partial charge in [-0.25, -0.2) is 0 Å². The lowest BCUT2D eigenvalue weighted by Gasteiger charge is -2.32. The predicted octanol–water partition coefficient (Wildman–Crippen LogP) is 3.01. The topological polar surface area (TPSA) is 66.0 Å². The van der Waals surface area contributed by atoms with Crippen molar-refractivity contribution in [2.45, 2.75) is 64.4 Å². The van der Waals surface area contributed by atoms with Crippen LogP contribution in [0.15, 0.2) is 48.5 Å². The van der Waals surface area contributed by atoms with Crippen LogP contribution in [0.5, 0.6) is 5.75 Å². The number of rotatable bonds is 7. The zero-order chi connectivity index (χ0) is 22.8. The summed E-state index contributed by atoms with van der Waals surface area (Å²) >= 11 is 0. The molecule has 0 aliphatic carbocycles. The van der Waals surface area contributed by atoms with Crippen molar-refractivity contribution in [3.8, 4) is 5.75 Å². The van der Waals surface area contributed by atoms with E-state index in [0.717, 1.165) is 23.0 Å². The van der Waals surface area contributed by atoms with Crippen LogP contribution in [0.1, 0.15) is 45.2 Å². The molecule has 2 heterocycles. The van der Waals surface area contributed by atoms with Gasteiger partial charge < -0.3 is 24.1 Å². The van der Waals surface area contributed by atoms with Gasteiger partial charge >= 0.3 is 7.12 Å². The van der Waals surface area contributed by atoms with Crippen molar-refractivity contribution in [3.63, 3.8) is 0 Å². The van der Waals surface area contributed by atoms with E-state index in [1.165, 1.54) is 0 Å². The third-order valence-corrected chi connectivity index (χ3v) is 6.49. The molecule has 1 N–H and O–H groups in total. The van der Waals surface area contributed by atoms with E-state index in [-0.39, 0.29) is 18.4 Å². The fourth-order valence-corrected chi connectivity index (χ4v) is 3.84. The lowest BCUT2D eigenvalue weighted by molar-refractivity contribution is -0.121. The molecule has 4 rings (SSSR count). The zero-order valence-corrected chi connectivity index (χ0v) is 19.4. The van der Waals surface area contributed by atoms with E-state index >= 15 is 0 Å². The number of hydrogen-bond acceptors (Lipinski definition) is 5. The first-order valence-corrected chi connectivity index (χ1v) is 11.3. The van der Waals surface area contributed by atoms with Gasteiger partial charge in [-0.15, -0.1) is 0 Å². The van der Waals surface area contributed by atoms with Crippen LogP contribution in [0.2, 0.25) is 0 Å². The summed E-state index contributed by atoms with van der Waals surface area (Å²) in [6.07, 6.45) is 1.06. The van der Waals surface area contributed by atoms with Crippen LogP contribution in [-0.4, -0.2) is 43.5 Å². The van der Waals surface area contributed by atoms with Crippen LogP contribution < -0.4 is 15.5 Å². The molecule has 170 valence electrons. The molecule has 7 heteroatoms. The van der Waals surface area contributed by atoms with Gasteiger partial charge in [-0.1, -0.05) is 42.5 Å². The van der Waals surface area contributed by atoms with E-state index in [4.69, 9.17) is 18.8 Å². The van der Waals surface area contributed by atoms with Crippen LogP contribution in [0.4, 0.5) is 0 Å². The molecule has 2 aliphatic heterocycles. The summed E-state index contributed by atoms with van der Waals surface area (Å²) in [6.45, 7) is 9.81. The van der Waals surface area contributed by atoms with Gasteiger partial charge in [-0.3, -0.25) is 4.79 Å². The smallest absolute Gasteiger partial charge is 0.489 e. The summed E-state index contributed by atoms with van der Waals surface area (Å²) in [6, 6.07) is 15.9. The molecular weight excluding hydrogens is 405 g/mol. The summed E-state index contributed by atoms with van der Waals surface area (Å²) in [5, 5.41) is 3.06. The number of carbonyl (C=O) groups excluding carboxylic acids is 1. The Hall–Kier alpha value is -2.35. The van der Waals surface area contributed by atoms with Crippen molar-refractivity contribution in [2.75, 3.05) is 13.2 Å². The first-order chi connectivity index (χ1) is 15.2. The van der Waals surface area contributed by atoms with Gasteiger partial charge in [-0.05, 0) is 51.2 Å². The Bertz CT molecular complexity index is 925. The van der Waals surface area contributed by atoms with Crippen LogP contribution in [0, 0.1) is 0 Å². The average molecular weight is 437 g/mol. The fraction of sp³-hybridized carbons (Fsp3) is 0.480. The molecule has 2 aromatic carbocycles. The molecule has 1 atom stereocenters. The summed E-state index contributed by atoms with van der Waals surface area (Å²) in [5.41, 5.74) is 1.90. The zero-order valence-electron chi connectivity index (χ0n) is 19.4. The van der Waals surface area contributed by atoms with E-state index in [1.54, 1.807) is 0 Å². The van der Waals surface area contributed by atoms with E-state index in [9.17, 15) is 4.79 Å². The summed E-state index contributed by atoms with van der Waals surface area (Å²) in [7, 11) is -0.492. The molecule has 2 saturated heterocycles. The Morgan fingerprint density at radius 3 is 2.47 bits per heavy atom. The Morgan fingerprint density at radius 1 is 1.09 bits per heavy atom. The van der Waals surface area contributed by atoms with Crippen molar-refractivity contribution in [1.82, 2.24) is 5.32 Å².